The topological polar surface area (TPSA) is 82.1 Å². The second kappa shape index (κ2) is 11.5. The van der Waals surface area contributed by atoms with Crippen LogP contribution in [0.15, 0.2) is 48.5 Å². The second-order valence-corrected chi connectivity index (χ2v) is 9.50. The molecular weight excluding hydrogens is 430 g/mol. The number of hydrogen-bond donors (Lipinski definition) is 2. The minimum absolute atomic E-state index is 0.0322. The third kappa shape index (κ3) is 5.96. The molecule has 3 amide bonds. The molecular formula is C27H37N3O4. The Morgan fingerprint density at radius 3 is 2.38 bits per heavy atom. The maximum atomic E-state index is 13.8. The summed E-state index contributed by atoms with van der Waals surface area (Å²) in [4.78, 5) is 29.7. The Bertz CT molecular complexity index is 993. The van der Waals surface area contributed by atoms with Crippen molar-refractivity contribution >= 4 is 11.9 Å². The number of likely N-dealkylation sites (N-methyl/N-ethyl adjacent to an activating group) is 1. The number of carbonyl (C=O) groups is 2. The quantitative estimate of drug-likeness (QED) is 0.702. The van der Waals surface area contributed by atoms with E-state index in [0.29, 0.717) is 25.3 Å². The van der Waals surface area contributed by atoms with Crippen molar-refractivity contribution in [2.45, 2.75) is 52.5 Å². The Morgan fingerprint density at radius 2 is 1.74 bits per heavy atom. The van der Waals surface area contributed by atoms with Crippen LogP contribution in [0, 0.1) is 5.92 Å². The van der Waals surface area contributed by atoms with Crippen LogP contribution < -0.4 is 5.32 Å². The lowest BCUT2D eigenvalue weighted by Gasteiger charge is -2.35. The number of fused-ring (bicyclic) bond motifs is 3. The van der Waals surface area contributed by atoms with Crippen molar-refractivity contribution < 1.29 is 19.4 Å². The van der Waals surface area contributed by atoms with Crippen LogP contribution in [0.3, 0.4) is 0 Å². The van der Waals surface area contributed by atoms with E-state index < -0.39 is 0 Å². The minimum atomic E-state index is -0.360. The summed E-state index contributed by atoms with van der Waals surface area (Å²) in [5.74, 6) is -0.199. The van der Waals surface area contributed by atoms with E-state index in [-0.39, 0.29) is 42.7 Å². The number of aliphatic hydroxyl groups excluding tert-OH is 1. The van der Waals surface area contributed by atoms with Gasteiger partial charge in [0.25, 0.3) is 5.91 Å². The van der Waals surface area contributed by atoms with Gasteiger partial charge in [-0.3, -0.25) is 4.79 Å². The van der Waals surface area contributed by atoms with Crippen molar-refractivity contribution in [1.29, 1.82) is 0 Å². The number of amides is 3. The van der Waals surface area contributed by atoms with Gasteiger partial charge in [-0.15, -0.1) is 0 Å². The number of nitrogens with one attached hydrogen (secondary N) is 1. The van der Waals surface area contributed by atoms with Crippen LogP contribution in [0.5, 0.6) is 0 Å². The van der Waals surface area contributed by atoms with E-state index in [1.54, 1.807) is 16.8 Å². The number of urea groups is 1. The van der Waals surface area contributed by atoms with E-state index in [1.165, 1.54) is 0 Å². The first-order valence-electron chi connectivity index (χ1n) is 11.9. The summed E-state index contributed by atoms with van der Waals surface area (Å²) in [6, 6.07) is 15.0. The molecule has 0 fully saturated rings. The molecule has 0 radical (unpaired) electrons. The van der Waals surface area contributed by atoms with Gasteiger partial charge in [0.2, 0.25) is 0 Å². The molecule has 0 aliphatic carbocycles. The summed E-state index contributed by atoms with van der Waals surface area (Å²) >= 11 is 0. The predicted octanol–water partition coefficient (Wildman–Crippen LogP) is 3.76. The van der Waals surface area contributed by atoms with Crippen molar-refractivity contribution in [3.63, 3.8) is 0 Å². The van der Waals surface area contributed by atoms with Gasteiger partial charge in [0.15, 0.2) is 0 Å². The van der Waals surface area contributed by atoms with Gasteiger partial charge in [-0.05, 0) is 43.5 Å². The van der Waals surface area contributed by atoms with E-state index in [4.69, 9.17) is 4.74 Å². The summed E-state index contributed by atoms with van der Waals surface area (Å²) < 4.78 is 6.43. The number of nitrogens with zero attached hydrogens (tertiary/aromatic N) is 2. The van der Waals surface area contributed by atoms with Crippen LogP contribution in [0.2, 0.25) is 0 Å². The highest BCUT2D eigenvalue weighted by atomic mass is 16.5. The second-order valence-electron chi connectivity index (χ2n) is 9.50. The molecule has 7 heteroatoms. The fourth-order valence-corrected chi connectivity index (χ4v) is 4.26. The number of benzene rings is 2. The molecule has 3 rings (SSSR count). The molecule has 0 bridgehead atoms. The largest absolute Gasteiger partial charge is 0.394 e. The molecule has 0 spiro atoms. The first kappa shape index (κ1) is 25.7. The first-order chi connectivity index (χ1) is 16.2. The Labute approximate surface area is 202 Å². The Kier molecular flexibility index (Phi) is 8.69. The number of aliphatic hydroxyl groups is 1. The van der Waals surface area contributed by atoms with E-state index >= 15 is 0 Å². The van der Waals surface area contributed by atoms with Crippen LogP contribution in [0.25, 0.3) is 11.1 Å². The molecule has 0 saturated carbocycles. The standard InChI is InChI=1S/C27H37N3O4/c1-18(2)28-27(33)29(5)15-25-19(3)14-30(20(4)16-31)26(32)24-13-9-8-12-23(24)22-11-7-6-10-21(22)17-34-25/h6-13,18-20,25,31H,14-17H2,1-5H3,(H,28,33)/t19-,20+,25+/m1/s1. The Hall–Kier alpha value is -2.90. The van der Waals surface area contributed by atoms with Crippen LogP contribution in [0.4, 0.5) is 4.79 Å². The molecule has 34 heavy (non-hydrogen) atoms. The monoisotopic (exact) mass is 467 g/mol. The number of rotatable bonds is 5. The lowest BCUT2D eigenvalue weighted by atomic mass is 9.94. The SMILES string of the molecule is CC(C)NC(=O)N(C)C[C@@H]1OCc2ccccc2-c2ccccc2C(=O)N([C@@H](C)CO)C[C@H]1C. The minimum Gasteiger partial charge on any atom is -0.394 e. The van der Waals surface area contributed by atoms with Gasteiger partial charge in [0.05, 0.1) is 25.4 Å². The molecule has 7 nitrogen and oxygen atoms in total. The van der Waals surface area contributed by atoms with Crippen LogP contribution in [-0.2, 0) is 11.3 Å². The average Bonchev–Trinajstić information content (AvgIpc) is 2.84. The zero-order valence-corrected chi connectivity index (χ0v) is 20.8. The Balaban J connectivity index is 2.02. The van der Waals surface area contributed by atoms with Gasteiger partial charge in [-0.1, -0.05) is 49.4 Å². The number of hydrogen-bond acceptors (Lipinski definition) is 4. The van der Waals surface area contributed by atoms with Crippen molar-refractivity contribution in [2.24, 2.45) is 5.92 Å². The molecule has 3 atom stereocenters. The fourth-order valence-electron chi connectivity index (χ4n) is 4.26. The van der Waals surface area contributed by atoms with Crippen molar-refractivity contribution in [1.82, 2.24) is 15.1 Å². The molecule has 2 aromatic carbocycles. The summed E-state index contributed by atoms with van der Waals surface area (Å²) in [7, 11) is 1.75. The van der Waals surface area contributed by atoms with Crippen molar-refractivity contribution in [3.8, 4) is 11.1 Å². The van der Waals surface area contributed by atoms with Crippen molar-refractivity contribution in [2.75, 3.05) is 26.7 Å². The zero-order valence-electron chi connectivity index (χ0n) is 20.8. The highest BCUT2D eigenvalue weighted by Crippen LogP contribution is 2.31. The molecule has 1 aliphatic rings. The molecule has 2 aromatic rings. The average molecular weight is 468 g/mol. The first-order valence-corrected chi connectivity index (χ1v) is 11.9. The lowest BCUT2D eigenvalue weighted by molar-refractivity contribution is -0.0185. The molecule has 1 heterocycles. The zero-order chi connectivity index (χ0) is 24.8. The predicted molar refractivity (Wildman–Crippen MR) is 134 cm³/mol. The van der Waals surface area contributed by atoms with E-state index in [1.807, 2.05) is 76.2 Å². The number of carbonyl (C=O) groups excluding carboxylic acids is 2. The summed E-state index contributed by atoms with van der Waals surface area (Å²) in [6.07, 6.45) is -0.307. The molecule has 0 aromatic heterocycles. The van der Waals surface area contributed by atoms with Crippen LogP contribution >= 0.6 is 0 Å². The van der Waals surface area contributed by atoms with Gasteiger partial charge >= 0.3 is 6.03 Å². The lowest BCUT2D eigenvalue weighted by Crippen LogP contribution is -2.49. The molecule has 1 aliphatic heterocycles. The van der Waals surface area contributed by atoms with Gasteiger partial charge in [-0.2, -0.15) is 0 Å². The Morgan fingerprint density at radius 1 is 1.12 bits per heavy atom. The fraction of sp³-hybridized carbons (Fsp3) is 0.481. The summed E-state index contributed by atoms with van der Waals surface area (Å²) in [6.45, 7) is 8.72. The van der Waals surface area contributed by atoms with Gasteiger partial charge in [0.1, 0.15) is 0 Å². The molecule has 2 N–H and O–H groups in total. The van der Waals surface area contributed by atoms with Crippen molar-refractivity contribution in [3.05, 3.63) is 59.7 Å². The normalized spacial score (nSPS) is 19.6. The molecule has 0 unspecified atom stereocenters. The van der Waals surface area contributed by atoms with E-state index in [2.05, 4.69) is 5.32 Å². The van der Waals surface area contributed by atoms with Crippen LogP contribution in [0.1, 0.15) is 43.6 Å². The smallest absolute Gasteiger partial charge is 0.317 e. The van der Waals surface area contributed by atoms with Gasteiger partial charge < -0.3 is 25.0 Å². The van der Waals surface area contributed by atoms with Gasteiger partial charge in [-0.25, -0.2) is 4.79 Å². The maximum Gasteiger partial charge on any atom is 0.317 e. The third-order valence-corrected chi connectivity index (χ3v) is 6.31. The maximum absolute atomic E-state index is 13.8. The van der Waals surface area contributed by atoms with E-state index in [9.17, 15) is 14.7 Å². The molecule has 0 saturated heterocycles. The van der Waals surface area contributed by atoms with Crippen LogP contribution in [-0.4, -0.2) is 71.8 Å². The highest BCUT2D eigenvalue weighted by molar-refractivity contribution is 6.01. The summed E-state index contributed by atoms with van der Waals surface area (Å²) in [5, 5.41) is 12.8. The van der Waals surface area contributed by atoms with Gasteiger partial charge in [0, 0.05) is 37.7 Å². The van der Waals surface area contributed by atoms with E-state index in [0.717, 1.165) is 16.7 Å². The summed E-state index contributed by atoms with van der Waals surface area (Å²) in [5.41, 5.74) is 3.39. The number of ether oxygens (including phenoxy) is 1. The highest BCUT2D eigenvalue weighted by Gasteiger charge is 2.31. The molecule has 184 valence electrons. The third-order valence-electron chi connectivity index (χ3n) is 6.31.